The van der Waals surface area contributed by atoms with Gasteiger partial charge >= 0.3 is 0 Å². The molecule has 0 amide bonds. The summed E-state index contributed by atoms with van der Waals surface area (Å²) >= 11 is 1.19. The molecule has 130 valence electrons. The van der Waals surface area contributed by atoms with E-state index in [4.69, 9.17) is 4.74 Å². The lowest BCUT2D eigenvalue weighted by Gasteiger charge is -2.27. The van der Waals surface area contributed by atoms with Crippen molar-refractivity contribution >= 4 is 33.0 Å². The maximum absolute atomic E-state index is 12.0. The molecule has 2 N–H and O–H groups in total. The van der Waals surface area contributed by atoms with Crippen LogP contribution in [-0.4, -0.2) is 57.8 Å². The number of anilines is 2. The molecule has 0 saturated carbocycles. The van der Waals surface area contributed by atoms with Crippen LogP contribution in [-0.2, 0) is 14.8 Å². The Morgan fingerprint density at radius 3 is 2.83 bits per heavy atom. The average Bonchev–Trinajstić information content (AvgIpc) is 3.16. The summed E-state index contributed by atoms with van der Waals surface area (Å²) in [5.41, 5.74) is 0. The van der Waals surface area contributed by atoms with Gasteiger partial charge < -0.3 is 15.0 Å². The Kier molecular flexibility index (Phi) is 5.61. The maximum Gasteiger partial charge on any atom is 0.250 e. The smallest absolute Gasteiger partial charge is 0.250 e. The summed E-state index contributed by atoms with van der Waals surface area (Å²) in [7, 11) is -3.42. The van der Waals surface area contributed by atoms with Crippen LogP contribution in [0.15, 0.2) is 34.1 Å². The number of aromatic nitrogens is 2. The number of hydrogen-bond acceptors (Lipinski definition) is 8. The van der Waals surface area contributed by atoms with Crippen molar-refractivity contribution in [3.05, 3.63) is 29.9 Å². The van der Waals surface area contributed by atoms with Crippen LogP contribution in [0.4, 0.5) is 11.6 Å². The number of hydrogen-bond donors (Lipinski definition) is 2. The number of nitrogens with zero attached hydrogens (tertiary/aromatic N) is 3. The quantitative estimate of drug-likeness (QED) is 0.696. The van der Waals surface area contributed by atoms with Gasteiger partial charge in [-0.1, -0.05) is 6.07 Å². The Bertz CT molecular complexity index is 746. The second-order valence-corrected chi connectivity index (χ2v) is 8.06. The van der Waals surface area contributed by atoms with Gasteiger partial charge in [0.15, 0.2) is 0 Å². The topological polar surface area (TPSA) is 96.5 Å². The summed E-state index contributed by atoms with van der Waals surface area (Å²) in [6, 6.07) is 5.16. The monoisotopic (exact) mass is 369 g/mol. The van der Waals surface area contributed by atoms with E-state index >= 15 is 0 Å². The van der Waals surface area contributed by atoms with Crippen LogP contribution in [0.1, 0.15) is 0 Å². The molecule has 0 atom stereocenters. The Morgan fingerprint density at radius 2 is 2.08 bits per heavy atom. The Balaban J connectivity index is 1.50. The van der Waals surface area contributed by atoms with Crippen molar-refractivity contribution in [3.8, 4) is 0 Å². The van der Waals surface area contributed by atoms with Crippen LogP contribution >= 0.6 is 11.3 Å². The Morgan fingerprint density at radius 1 is 1.25 bits per heavy atom. The van der Waals surface area contributed by atoms with Crippen LogP contribution in [0.5, 0.6) is 0 Å². The first-order valence-corrected chi connectivity index (χ1v) is 9.93. The molecule has 3 rings (SSSR count). The van der Waals surface area contributed by atoms with Crippen molar-refractivity contribution in [2.75, 3.05) is 49.6 Å². The molecule has 0 unspecified atom stereocenters. The van der Waals surface area contributed by atoms with Crippen LogP contribution in [0.25, 0.3) is 0 Å². The van der Waals surface area contributed by atoms with Gasteiger partial charge in [-0.25, -0.2) is 23.1 Å². The van der Waals surface area contributed by atoms with Crippen molar-refractivity contribution in [2.45, 2.75) is 4.21 Å². The number of thiophene rings is 1. The van der Waals surface area contributed by atoms with Gasteiger partial charge in [0, 0.05) is 32.2 Å². The molecule has 1 fully saturated rings. The fourth-order valence-electron chi connectivity index (χ4n) is 2.27. The van der Waals surface area contributed by atoms with Gasteiger partial charge in [-0.05, 0) is 11.4 Å². The van der Waals surface area contributed by atoms with E-state index in [1.165, 1.54) is 17.7 Å². The van der Waals surface area contributed by atoms with E-state index in [1.54, 1.807) is 17.5 Å². The summed E-state index contributed by atoms with van der Waals surface area (Å²) in [4.78, 5) is 10.6. The van der Waals surface area contributed by atoms with Crippen LogP contribution in [0, 0.1) is 0 Å². The second-order valence-electron chi connectivity index (χ2n) is 5.12. The normalized spacial score (nSPS) is 15.4. The summed E-state index contributed by atoms with van der Waals surface area (Å²) < 4.78 is 32.2. The largest absolute Gasteiger partial charge is 0.378 e. The van der Waals surface area contributed by atoms with Gasteiger partial charge in [-0.3, -0.25) is 0 Å². The van der Waals surface area contributed by atoms with Crippen molar-refractivity contribution in [3.63, 3.8) is 0 Å². The van der Waals surface area contributed by atoms with Crippen molar-refractivity contribution in [1.82, 2.24) is 14.7 Å². The van der Waals surface area contributed by atoms with Gasteiger partial charge in [0.1, 0.15) is 22.2 Å². The van der Waals surface area contributed by atoms with Crippen LogP contribution in [0.2, 0.25) is 0 Å². The second kappa shape index (κ2) is 7.88. The minimum absolute atomic E-state index is 0.275. The summed E-state index contributed by atoms with van der Waals surface area (Å²) in [5.74, 6) is 1.51. The third-order valence-corrected chi connectivity index (χ3v) is 6.33. The van der Waals surface area contributed by atoms with E-state index in [-0.39, 0.29) is 6.54 Å². The maximum atomic E-state index is 12.0. The minimum atomic E-state index is -3.42. The minimum Gasteiger partial charge on any atom is -0.378 e. The third kappa shape index (κ3) is 4.41. The molecule has 0 spiro atoms. The summed E-state index contributed by atoms with van der Waals surface area (Å²) in [6.45, 7) is 3.70. The highest BCUT2D eigenvalue weighted by Gasteiger charge is 2.14. The van der Waals surface area contributed by atoms with E-state index in [0.717, 1.165) is 18.9 Å². The first-order valence-electron chi connectivity index (χ1n) is 7.57. The van der Waals surface area contributed by atoms with Gasteiger partial charge in [-0.15, -0.1) is 11.3 Å². The average molecular weight is 369 g/mol. The molecule has 2 aromatic rings. The number of sulfonamides is 1. The Hall–Kier alpha value is -1.75. The van der Waals surface area contributed by atoms with Gasteiger partial charge in [-0.2, -0.15) is 0 Å². The lowest BCUT2D eigenvalue weighted by Crippen LogP contribution is -2.36. The zero-order valence-corrected chi connectivity index (χ0v) is 14.6. The molecular weight excluding hydrogens is 350 g/mol. The van der Waals surface area contributed by atoms with Crippen molar-refractivity contribution < 1.29 is 13.2 Å². The molecule has 0 aromatic carbocycles. The Labute approximate surface area is 144 Å². The first kappa shape index (κ1) is 17.1. The molecule has 10 heteroatoms. The van der Waals surface area contributed by atoms with Gasteiger partial charge in [0.05, 0.1) is 13.2 Å². The molecule has 2 aromatic heterocycles. The molecule has 8 nitrogen and oxygen atoms in total. The molecule has 0 radical (unpaired) electrons. The van der Waals surface area contributed by atoms with Gasteiger partial charge in [0.2, 0.25) is 10.0 Å². The number of nitrogens with one attached hydrogen (secondary N) is 2. The highest BCUT2D eigenvalue weighted by molar-refractivity contribution is 7.91. The lowest BCUT2D eigenvalue weighted by atomic mass is 10.4. The molecule has 1 saturated heterocycles. The zero-order valence-electron chi connectivity index (χ0n) is 13.0. The highest BCUT2D eigenvalue weighted by atomic mass is 32.2. The van der Waals surface area contributed by atoms with Crippen LogP contribution in [0.3, 0.4) is 0 Å². The fourth-order valence-corrected chi connectivity index (χ4v) is 4.34. The third-order valence-electron chi connectivity index (χ3n) is 3.47. The molecule has 1 aliphatic rings. The van der Waals surface area contributed by atoms with Crippen molar-refractivity contribution in [1.29, 1.82) is 0 Å². The fraction of sp³-hybridized carbons (Fsp3) is 0.429. The van der Waals surface area contributed by atoms with E-state index in [2.05, 4.69) is 24.9 Å². The summed E-state index contributed by atoms with van der Waals surface area (Å²) in [5, 5.41) is 4.85. The standard InChI is InChI=1S/C14H19N5O3S2/c20-24(21,14-2-1-9-23-14)18-4-3-15-12-10-13(17-11-16-12)19-5-7-22-8-6-19/h1-2,9-11,18H,3-8H2,(H,15,16,17). The number of morpholine rings is 1. The van der Waals surface area contributed by atoms with Gasteiger partial charge in [0.25, 0.3) is 0 Å². The van der Waals surface area contributed by atoms with Crippen molar-refractivity contribution in [2.24, 2.45) is 0 Å². The predicted molar refractivity (Wildman–Crippen MR) is 93.1 cm³/mol. The van der Waals surface area contributed by atoms with Crippen LogP contribution < -0.4 is 14.9 Å². The molecule has 0 aliphatic carbocycles. The van der Waals surface area contributed by atoms with E-state index < -0.39 is 10.0 Å². The zero-order chi connectivity index (χ0) is 16.8. The summed E-state index contributed by atoms with van der Waals surface area (Å²) in [6.07, 6.45) is 1.50. The number of rotatable bonds is 7. The molecular formula is C14H19N5O3S2. The molecule has 24 heavy (non-hydrogen) atoms. The van der Waals surface area contributed by atoms with E-state index in [0.29, 0.717) is 29.8 Å². The molecule has 0 bridgehead atoms. The first-order chi connectivity index (χ1) is 11.6. The predicted octanol–water partition coefficient (Wildman–Crippen LogP) is 0.765. The highest BCUT2D eigenvalue weighted by Crippen LogP contribution is 2.16. The number of ether oxygens (including phenoxy) is 1. The van der Waals surface area contributed by atoms with E-state index in [1.807, 2.05) is 6.07 Å². The molecule has 3 heterocycles. The SMILES string of the molecule is O=S(=O)(NCCNc1cc(N2CCOCC2)ncn1)c1cccs1. The van der Waals surface area contributed by atoms with E-state index in [9.17, 15) is 8.42 Å². The lowest BCUT2D eigenvalue weighted by molar-refractivity contribution is 0.122. The molecule has 1 aliphatic heterocycles.